The van der Waals surface area contributed by atoms with Crippen molar-refractivity contribution in [2.75, 3.05) is 13.6 Å². The summed E-state index contributed by atoms with van der Waals surface area (Å²) in [5.41, 5.74) is 1.31. The van der Waals surface area contributed by atoms with E-state index in [0.717, 1.165) is 17.6 Å². The van der Waals surface area contributed by atoms with Gasteiger partial charge in [-0.15, -0.1) is 0 Å². The number of likely N-dealkylation sites (N-methyl/N-ethyl adjacent to an activating group) is 1. The Labute approximate surface area is 94.2 Å². The molecule has 0 saturated heterocycles. The summed E-state index contributed by atoms with van der Waals surface area (Å²) in [6.45, 7) is 4.09. The van der Waals surface area contributed by atoms with Crippen molar-refractivity contribution in [2.45, 2.75) is 19.5 Å². The molecule has 2 nitrogen and oxygen atoms in total. The molecule has 0 fully saturated rings. The summed E-state index contributed by atoms with van der Waals surface area (Å²) in [6.07, 6.45) is 0. The Hall–Kier alpha value is -0.380. The van der Waals surface area contributed by atoms with E-state index in [1.165, 1.54) is 5.56 Å². The molecule has 14 heavy (non-hydrogen) atoms. The van der Waals surface area contributed by atoms with Crippen LogP contribution in [0.4, 0.5) is 0 Å². The first-order valence-corrected chi connectivity index (χ1v) is 5.64. The van der Waals surface area contributed by atoms with Crippen LogP contribution < -0.4 is 10.6 Å². The molecular weight excluding hydrogens is 240 g/mol. The standard InChI is InChI=1S/C11H17BrN2/c1-9(7-13-2)14-8-10-4-3-5-11(12)6-10/h3-6,9,13-14H,7-8H2,1-2H3. The number of hydrogen-bond donors (Lipinski definition) is 2. The van der Waals surface area contributed by atoms with Gasteiger partial charge in [-0.1, -0.05) is 28.1 Å². The lowest BCUT2D eigenvalue weighted by Gasteiger charge is -2.13. The minimum Gasteiger partial charge on any atom is -0.318 e. The van der Waals surface area contributed by atoms with Crippen LogP contribution in [0.25, 0.3) is 0 Å². The zero-order chi connectivity index (χ0) is 10.4. The normalized spacial score (nSPS) is 12.8. The summed E-state index contributed by atoms with van der Waals surface area (Å²) in [4.78, 5) is 0. The van der Waals surface area contributed by atoms with Crippen molar-refractivity contribution in [1.82, 2.24) is 10.6 Å². The van der Waals surface area contributed by atoms with Gasteiger partial charge in [0.2, 0.25) is 0 Å². The lowest BCUT2D eigenvalue weighted by Crippen LogP contribution is -2.34. The molecule has 78 valence electrons. The van der Waals surface area contributed by atoms with Gasteiger partial charge in [0.15, 0.2) is 0 Å². The number of hydrogen-bond acceptors (Lipinski definition) is 2. The Morgan fingerprint density at radius 2 is 2.21 bits per heavy atom. The van der Waals surface area contributed by atoms with Crippen molar-refractivity contribution in [3.8, 4) is 0 Å². The molecule has 0 amide bonds. The van der Waals surface area contributed by atoms with Crippen LogP contribution in [0.2, 0.25) is 0 Å². The van der Waals surface area contributed by atoms with E-state index in [1.54, 1.807) is 0 Å². The first-order chi connectivity index (χ1) is 6.72. The maximum atomic E-state index is 3.46. The molecule has 0 bridgehead atoms. The minimum absolute atomic E-state index is 0.499. The predicted octanol–water partition coefficient (Wildman–Crippen LogP) is 2.15. The average molecular weight is 257 g/mol. The second-order valence-corrected chi connectivity index (χ2v) is 4.39. The third-order valence-corrected chi connectivity index (χ3v) is 2.55. The molecule has 1 rings (SSSR count). The highest BCUT2D eigenvalue weighted by Crippen LogP contribution is 2.11. The van der Waals surface area contributed by atoms with E-state index in [-0.39, 0.29) is 0 Å². The van der Waals surface area contributed by atoms with Crippen LogP contribution in [0.3, 0.4) is 0 Å². The largest absolute Gasteiger partial charge is 0.318 e. The van der Waals surface area contributed by atoms with Crippen molar-refractivity contribution in [3.05, 3.63) is 34.3 Å². The van der Waals surface area contributed by atoms with Crippen LogP contribution in [-0.2, 0) is 6.54 Å². The molecule has 3 heteroatoms. The molecule has 0 radical (unpaired) electrons. The molecule has 0 aliphatic rings. The minimum atomic E-state index is 0.499. The summed E-state index contributed by atoms with van der Waals surface area (Å²) in [6, 6.07) is 8.87. The molecule has 1 aromatic rings. The zero-order valence-corrected chi connectivity index (χ0v) is 10.3. The molecule has 0 saturated carbocycles. The molecule has 0 aliphatic carbocycles. The van der Waals surface area contributed by atoms with Crippen molar-refractivity contribution < 1.29 is 0 Å². The number of halogens is 1. The van der Waals surface area contributed by atoms with E-state index in [4.69, 9.17) is 0 Å². The Morgan fingerprint density at radius 3 is 2.86 bits per heavy atom. The van der Waals surface area contributed by atoms with E-state index < -0.39 is 0 Å². The monoisotopic (exact) mass is 256 g/mol. The van der Waals surface area contributed by atoms with Crippen LogP contribution in [-0.4, -0.2) is 19.6 Å². The van der Waals surface area contributed by atoms with Gasteiger partial charge in [0.25, 0.3) is 0 Å². The molecular formula is C11H17BrN2. The summed E-state index contributed by atoms with van der Waals surface area (Å²) >= 11 is 3.46. The molecule has 1 unspecified atom stereocenters. The Kier molecular flexibility index (Phi) is 5.15. The van der Waals surface area contributed by atoms with Crippen LogP contribution in [0.5, 0.6) is 0 Å². The fourth-order valence-electron chi connectivity index (χ4n) is 1.32. The van der Waals surface area contributed by atoms with Gasteiger partial charge in [-0.25, -0.2) is 0 Å². The maximum Gasteiger partial charge on any atom is 0.0208 e. The highest BCUT2D eigenvalue weighted by atomic mass is 79.9. The van der Waals surface area contributed by atoms with E-state index >= 15 is 0 Å². The van der Waals surface area contributed by atoms with E-state index in [9.17, 15) is 0 Å². The Bertz CT molecular complexity index is 276. The fourth-order valence-corrected chi connectivity index (χ4v) is 1.76. The summed E-state index contributed by atoms with van der Waals surface area (Å²) in [7, 11) is 1.97. The number of rotatable bonds is 5. The summed E-state index contributed by atoms with van der Waals surface area (Å²) in [5, 5.41) is 6.59. The van der Waals surface area contributed by atoms with Gasteiger partial charge in [0, 0.05) is 23.6 Å². The Balaban J connectivity index is 2.37. The first-order valence-electron chi connectivity index (χ1n) is 4.85. The molecule has 0 spiro atoms. The molecule has 2 N–H and O–H groups in total. The van der Waals surface area contributed by atoms with Gasteiger partial charge in [-0.2, -0.15) is 0 Å². The first kappa shape index (κ1) is 11.7. The molecule has 0 heterocycles. The van der Waals surface area contributed by atoms with Crippen molar-refractivity contribution >= 4 is 15.9 Å². The average Bonchev–Trinajstić information content (AvgIpc) is 2.15. The third-order valence-electron chi connectivity index (χ3n) is 2.05. The van der Waals surface area contributed by atoms with Crippen molar-refractivity contribution in [3.63, 3.8) is 0 Å². The predicted molar refractivity (Wildman–Crippen MR) is 64.4 cm³/mol. The topological polar surface area (TPSA) is 24.1 Å². The summed E-state index contributed by atoms with van der Waals surface area (Å²) < 4.78 is 1.14. The van der Waals surface area contributed by atoms with Gasteiger partial charge in [-0.3, -0.25) is 0 Å². The highest BCUT2D eigenvalue weighted by Gasteiger charge is 1.99. The van der Waals surface area contributed by atoms with Crippen molar-refractivity contribution in [1.29, 1.82) is 0 Å². The fraction of sp³-hybridized carbons (Fsp3) is 0.455. The van der Waals surface area contributed by atoms with Gasteiger partial charge in [0.1, 0.15) is 0 Å². The van der Waals surface area contributed by atoms with Gasteiger partial charge >= 0.3 is 0 Å². The number of benzene rings is 1. The number of nitrogens with one attached hydrogen (secondary N) is 2. The van der Waals surface area contributed by atoms with E-state index in [0.29, 0.717) is 6.04 Å². The molecule has 1 atom stereocenters. The Morgan fingerprint density at radius 1 is 1.43 bits per heavy atom. The third kappa shape index (κ3) is 4.22. The van der Waals surface area contributed by atoms with Gasteiger partial charge in [0.05, 0.1) is 0 Å². The smallest absolute Gasteiger partial charge is 0.0208 e. The molecule has 0 aromatic heterocycles. The lowest BCUT2D eigenvalue weighted by molar-refractivity contribution is 0.523. The van der Waals surface area contributed by atoms with E-state index in [1.807, 2.05) is 13.1 Å². The van der Waals surface area contributed by atoms with E-state index in [2.05, 4.69) is 51.7 Å². The zero-order valence-electron chi connectivity index (χ0n) is 8.68. The summed E-state index contributed by atoms with van der Waals surface area (Å²) in [5.74, 6) is 0. The second-order valence-electron chi connectivity index (χ2n) is 3.47. The van der Waals surface area contributed by atoms with Crippen LogP contribution in [0, 0.1) is 0 Å². The van der Waals surface area contributed by atoms with Gasteiger partial charge in [-0.05, 0) is 31.7 Å². The van der Waals surface area contributed by atoms with Crippen LogP contribution >= 0.6 is 15.9 Å². The SMILES string of the molecule is CNCC(C)NCc1cccc(Br)c1. The maximum absolute atomic E-state index is 3.46. The quantitative estimate of drug-likeness (QED) is 0.844. The van der Waals surface area contributed by atoms with Crippen LogP contribution in [0.1, 0.15) is 12.5 Å². The van der Waals surface area contributed by atoms with Crippen molar-refractivity contribution in [2.24, 2.45) is 0 Å². The highest BCUT2D eigenvalue weighted by molar-refractivity contribution is 9.10. The van der Waals surface area contributed by atoms with Gasteiger partial charge < -0.3 is 10.6 Å². The molecule has 0 aliphatic heterocycles. The lowest BCUT2D eigenvalue weighted by atomic mass is 10.2. The second kappa shape index (κ2) is 6.17. The van der Waals surface area contributed by atoms with Crippen LogP contribution in [0.15, 0.2) is 28.7 Å². The molecule has 1 aromatic carbocycles.